The van der Waals surface area contributed by atoms with E-state index in [1.165, 1.54) is 23.9 Å². The van der Waals surface area contributed by atoms with Crippen molar-refractivity contribution in [3.63, 3.8) is 0 Å². The molecule has 0 amide bonds. The van der Waals surface area contributed by atoms with Gasteiger partial charge in [0.05, 0.1) is 7.11 Å². The first-order chi connectivity index (χ1) is 11.5. The van der Waals surface area contributed by atoms with E-state index >= 15 is 0 Å². The standard InChI is InChI=1S/C16H18N2O6/c1-4-7-18-13(19)6-5-12(17-18)15(20)23-9-11-8-10(2)14(24-11)16(21)22-3/h5-6,8H,4,7,9H2,1-3H3. The highest BCUT2D eigenvalue weighted by Crippen LogP contribution is 2.16. The second-order valence-electron chi connectivity index (χ2n) is 5.07. The van der Waals surface area contributed by atoms with Gasteiger partial charge in [-0.3, -0.25) is 4.79 Å². The summed E-state index contributed by atoms with van der Waals surface area (Å²) in [4.78, 5) is 35.1. The predicted molar refractivity (Wildman–Crippen MR) is 82.7 cm³/mol. The molecule has 128 valence electrons. The summed E-state index contributed by atoms with van der Waals surface area (Å²) in [6.07, 6.45) is 0.716. The Morgan fingerprint density at radius 3 is 2.71 bits per heavy atom. The highest BCUT2D eigenvalue weighted by atomic mass is 16.6. The second kappa shape index (κ2) is 7.58. The molecule has 2 aromatic rings. The number of hydrogen-bond acceptors (Lipinski definition) is 7. The van der Waals surface area contributed by atoms with E-state index in [1.54, 1.807) is 13.0 Å². The molecule has 0 spiro atoms. The van der Waals surface area contributed by atoms with Gasteiger partial charge in [0.15, 0.2) is 5.69 Å². The van der Waals surface area contributed by atoms with Crippen LogP contribution in [0.15, 0.2) is 27.4 Å². The molecular weight excluding hydrogens is 316 g/mol. The van der Waals surface area contributed by atoms with Gasteiger partial charge in [0.25, 0.3) is 5.56 Å². The maximum Gasteiger partial charge on any atom is 0.374 e. The average molecular weight is 334 g/mol. The quantitative estimate of drug-likeness (QED) is 0.741. The Bertz CT molecular complexity index is 805. The Hall–Kier alpha value is -2.90. The van der Waals surface area contributed by atoms with E-state index in [0.29, 0.717) is 24.3 Å². The van der Waals surface area contributed by atoms with Crippen LogP contribution in [0.25, 0.3) is 0 Å². The average Bonchev–Trinajstić information content (AvgIpc) is 2.95. The minimum atomic E-state index is -0.687. The van der Waals surface area contributed by atoms with Crippen LogP contribution in [0.2, 0.25) is 0 Å². The van der Waals surface area contributed by atoms with E-state index < -0.39 is 11.9 Å². The Morgan fingerprint density at radius 1 is 1.29 bits per heavy atom. The Kier molecular flexibility index (Phi) is 5.51. The molecule has 24 heavy (non-hydrogen) atoms. The fourth-order valence-corrected chi connectivity index (χ4v) is 2.05. The molecule has 0 fully saturated rings. The molecule has 0 N–H and O–H groups in total. The molecule has 0 aromatic carbocycles. The van der Waals surface area contributed by atoms with Gasteiger partial charge in [-0.05, 0) is 25.5 Å². The molecule has 0 atom stereocenters. The summed E-state index contributed by atoms with van der Waals surface area (Å²) in [6.45, 7) is 3.84. The van der Waals surface area contributed by atoms with Gasteiger partial charge < -0.3 is 13.9 Å². The molecule has 0 unspecified atom stereocenters. The molecule has 0 radical (unpaired) electrons. The number of rotatable bonds is 6. The Labute approximate surface area is 138 Å². The molecule has 0 aliphatic rings. The predicted octanol–water partition coefficient (Wildman–Crippen LogP) is 1.70. The largest absolute Gasteiger partial charge is 0.463 e. The number of aryl methyl sites for hydroxylation is 2. The lowest BCUT2D eigenvalue weighted by molar-refractivity contribution is 0.0428. The lowest BCUT2D eigenvalue weighted by Gasteiger charge is -2.05. The first-order valence-corrected chi connectivity index (χ1v) is 7.39. The van der Waals surface area contributed by atoms with E-state index in [1.807, 2.05) is 6.92 Å². The van der Waals surface area contributed by atoms with Crippen molar-refractivity contribution in [3.05, 3.63) is 51.3 Å². The molecule has 8 nitrogen and oxygen atoms in total. The van der Waals surface area contributed by atoms with Crippen LogP contribution in [0, 0.1) is 6.92 Å². The normalized spacial score (nSPS) is 10.5. The number of hydrogen-bond donors (Lipinski definition) is 0. The molecule has 0 aliphatic heterocycles. The fourth-order valence-electron chi connectivity index (χ4n) is 2.05. The minimum absolute atomic E-state index is 0.0273. The molecule has 0 saturated heterocycles. The van der Waals surface area contributed by atoms with Crippen LogP contribution in [0.5, 0.6) is 0 Å². The third-order valence-electron chi connectivity index (χ3n) is 3.20. The molecular formula is C16H18N2O6. The summed E-state index contributed by atoms with van der Waals surface area (Å²) < 4.78 is 16.2. The number of nitrogens with zero attached hydrogens (tertiary/aromatic N) is 2. The maximum atomic E-state index is 12.0. The van der Waals surface area contributed by atoms with Crippen molar-refractivity contribution in [1.82, 2.24) is 9.78 Å². The summed E-state index contributed by atoms with van der Waals surface area (Å²) in [5.41, 5.74) is 0.333. The van der Waals surface area contributed by atoms with Crippen LogP contribution in [-0.2, 0) is 22.6 Å². The molecule has 0 aliphatic carbocycles. The lowest BCUT2D eigenvalue weighted by atomic mass is 10.2. The van der Waals surface area contributed by atoms with Gasteiger partial charge in [-0.25, -0.2) is 14.3 Å². The molecule has 0 saturated carbocycles. The fraction of sp³-hybridized carbons (Fsp3) is 0.375. The smallest absolute Gasteiger partial charge is 0.374 e. The number of furan rings is 1. The second-order valence-corrected chi connectivity index (χ2v) is 5.07. The zero-order chi connectivity index (χ0) is 17.7. The monoisotopic (exact) mass is 334 g/mol. The third kappa shape index (κ3) is 3.89. The molecule has 2 heterocycles. The van der Waals surface area contributed by atoms with Crippen LogP contribution in [0.4, 0.5) is 0 Å². The van der Waals surface area contributed by atoms with E-state index in [9.17, 15) is 14.4 Å². The Morgan fingerprint density at radius 2 is 2.04 bits per heavy atom. The number of ether oxygens (including phenoxy) is 2. The lowest BCUT2D eigenvalue weighted by Crippen LogP contribution is -2.24. The van der Waals surface area contributed by atoms with Crippen LogP contribution < -0.4 is 5.56 Å². The number of carbonyl (C=O) groups is 2. The third-order valence-corrected chi connectivity index (χ3v) is 3.20. The van der Waals surface area contributed by atoms with Crippen molar-refractivity contribution in [2.75, 3.05) is 7.11 Å². The first-order valence-electron chi connectivity index (χ1n) is 7.39. The van der Waals surface area contributed by atoms with Gasteiger partial charge >= 0.3 is 11.9 Å². The van der Waals surface area contributed by atoms with Gasteiger partial charge in [0.1, 0.15) is 12.4 Å². The number of carbonyl (C=O) groups excluding carboxylic acids is 2. The van der Waals surface area contributed by atoms with Crippen molar-refractivity contribution in [1.29, 1.82) is 0 Å². The summed E-state index contributed by atoms with van der Waals surface area (Å²) in [7, 11) is 1.25. The first kappa shape index (κ1) is 17.5. The molecule has 2 aromatic heterocycles. The van der Waals surface area contributed by atoms with Crippen molar-refractivity contribution in [3.8, 4) is 0 Å². The van der Waals surface area contributed by atoms with Crippen LogP contribution in [-0.4, -0.2) is 28.8 Å². The van der Waals surface area contributed by atoms with Crippen LogP contribution in [0.3, 0.4) is 0 Å². The van der Waals surface area contributed by atoms with E-state index in [-0.39, 0.29) is 23.6 Å². The topological polar surface area (TPSA) is 101 Å². The van der Waals surface area contributed by atoms with Gasteiger partial charge in [-0.2, -0.15) is 5.10 Å². The van der Waals surface area contributed by atoms with Crippen molar-refractivity contribution < 1.29 is 23.5 Å². The number of methoxy groups -OCH3 is 1. The molecule has 0 bridgehead atoms. The summed E-state index contributed by atoms with van der Waals surface area (Å²) in [5.74, 6) is -0.909. The minimum Gasteiger partial charge on any atom is -0.463 e. The SMILES string of the molecule is CCCn1nc(C(=O)OCc2cc(C)c(C(=O)OC)o2)ccc1=O. The van der Waals surface area contributed by atoms with E-state index in [2.05, 4.69) is 9.84 Å². The summed E-state index contributed by atoms with van der Waals surface area (Å²) >= 11 is 0. The van der Waals surface area contributed by atoms with Crippen molar-refractivity contribution in [2.45, 2.75) is 33.4 Å². The van der Waals surface area contributed by atoms with E-state index in [0.717, 1.165) is 0 Å². The zero-order valence-corrected chi connectivity index (χ0v) is 13.7. The number of aromatic nitrogens is 2. The summed E-state index contributed by atoms with van der Waals surface area (Å²) in [6, 6.07) is 4.17. The van der Waals surface area contributed by atoms with Gasteiger partial charge in [-0.15, -0.1) is 0 Å². The van der Waals surface area contributed by atoms with Gasteiger partial charge in [0, 0.05) is 18.2 Å². The highest BCUT2D eigenvalue weighted by molar-refractivity contribution is 5.88. The van der Waals surface area contributed by atoms with Gasteiger partial charge in [0.2, 0.25) is 5.76 Å². The van der Waals surface area contributed by atoms with Crippen LogP contribution >= 0.6 is 0 Å². The highest BCUT2D eigenvalue weighted by Gasteiger charge is 2.18. The van der Waals surface area contributed by atoms with Crippen LogP contribution in [0.1, 0.15) is 45.7 Å². The zero-order valence-electron chi connectivity index (χ0n) is 13.7. The van der Waals surface area contributed by atoms with Crippen molar-refractivity contribution >= 4 is 11.9 Å². The molecule has 2 rings (SSSR count). The number of esters is 2. The van der Waals surface area contributed by atoms with Gasteiger partial charge in [-0.1, -0.05) is 6.92 Å². The Balaban J connectivity index is 2.07. The van der Waals surface area contributed by atoms with Crippen molar-refractivity contribution in [2.24, 2.45) is 0 Å². The van der Waals surface area contributed by atoms with E-state index in [4.69, 9.17) is 9.15 Å². The molecule has 8 heteroatoms. The summed E-state index contributed by atoms with van der Waals surface area (Å²) in [5, 5.41) is 3.96. The maximum absolute atomic E-state index is 12.0.